The third-order valence-electron chi connectivity index (χ3n) is 5.87. The van der Waals surface area contributed by atoms with Crippen molar-refractivity contribution in [1.29, 1.82) is 0 Å². The van der Waals surface area contributed by atoms with E-state index in [0.29, 0.717) is 31.7 Å². The number of hydrogen-bond acceptors (Lipinski definition) is 4. The van der Waals surface area contributed by atoms with Gasteiger partial charge in [0.15, 0.2) is 0 Å². The molecule has 0 bridgehead atoms. The highest BCUT2D eigenvalue weighted by Crippen LogP contribution is 2.29. The number of rotatable bonds is 8. The van der Waals surface area contributed by atoms with Gasteiger partial charge in [-0.25, -0.2) is 0 Å². The van der Waals surface area contributed by atoms with Crippen molar-refractivity contribution in [2.24, 2.45) is 5.92 Å². The van der Waals surface area contributed by atoms with E-state index in [2.05, 4.69) is 10.3 Å². The van der Waals surface area contributed by atoms with Gasteiger partial charge in [-0.1, -0.05) is 12.8 Å². The number of hydrogen-bond donors (Lipinski definition) is 2. The second-order valence-corrected chi connectivity index (χ2v) is 7.78. The van der Waals surface area contributed by atoms with Gasteiger partial charge >= 0.3 is 0 Å². The lowest BCUT2D eigenvalue weighted by atomic mass is 9.82. The van der Waals surface area contributed by atoms with Crippen molar-refractivity contribution < 1.29 is 14.3 Å². The van der Waals surface area contributed by atoms with Crippen molar-refractivity contribution >= 4 is 22.7 Å². The summed E-state index contributed by atoms with van der Waals surface area (Å²) in [5, 5.41) is 3.65. The summed E-state index contributed by atoms with van der Waals surface area (Å²) >= 11 is 0. The Balaban J connectivity index is 1.53. The Morgan fingerprint density at radius 3 is 2.77 bits per heavy atom. The number of ether oxygens (including phenoxy) is 1. The van der Waals surface area contributed by atoms with Crippen molar-refractivity contribution in [3.8, 4) is 5.75 Å². The number of nitrogens with zero attached hydrogens (tertiary/aromatic N) is 1. The molecule has 3 rings (SSSR count). The maximum atomic E-state index is 12.9. The molecule has 0 saturated heterocycles. The quantitative estimate of drug-likeness (QED) is 0.651. The van der Waals surface area contributed by atoms with Crippen molar-refractivity contribution in [1.82, 2.24) is 15.2 Å². The Morgan fingerprint density at radius 1 is 1.20 bits per heavy atom. The highest BCUT2D eigenvalue weighted by molar-refractivity contribution is 5.82. The Morgan fingerprint density at radius 2 is 2.00 bits per heavy atom. The molecular weight excluding hydrogens is 382 g/mol. The number of H-pyrrole nitrogens is 1. The van der Waals surface area contributed by atoms with E-state index in [4.69, 9.17) is 4.74 Å². The number of carbonyl (C=O) groups excluding carboxylic acids is 2. The summed E-state index contributed by atoms with van der Waals surface area (Å²) in [6.07, 6.45) is 4.81. The number of amides is 2. The zero-order valence-corrected chi connectivity index (χ0v) is 17.8. The average molecular weight is 414 g/mol. The van der Waals surface area contributed by atoms with Gasteiger partial charge in [0.2, 0.25) is 17.4 Å². The zero-order valence-electron chi connectivity index (χ0n) is 17.8. The van der Waals surface area contributed by atoms with Crippen LogP contribution in [0.4, 0.5) is 0 Å². The summed E-state index contributed by atoms with van der Waals surface area (Å²) in [5.41, 5.74) is 0.633. The number of benzene rings is 1. The Bertz CT molecular complexity index is 939. The van der Waals surface area contributed by atoms with Crippen molar-refractivity contribution in [3.63, 3.8) is 0 Å². The molecule has 1 aromatic carbocycles. The number of aromatic amines is 1. The SMILES string of the molecule is CCN(C(=O)CCCOc1ccc2[nH]c(=O)ccc2c1)C1CCCCC1C(=O)NC. The number of aromatic nitrogens is 1. The summed E-state index contributed by atoms with van der Waals surface area (Å²) in [5.74, 6) is 0.708. The minimum absolute atomic E-state index is 0.0141. The zero-order chi connectivity index (χ0) is 21.5. The first-order chi connectivity index (χ1) is 14.5. The molecule has 0 spiro atoms. The first-order valence-electron chi connectivity index (χ1n) is 10.8. The molecule has 1 aliphatic rings. The predicted octanol–water partition coefficient (Wildman–Crippen LogP) is 2.84. The molecule has 0 aliphatic heterocycles. The van der Waals surface area contributed by atoms with Crippen molar-refractivity contribution in [3.05, 3.63) is 40.7 Å². The average Bonchev–Trinajstić information content (AvgIpc) is 2.77. The molecule has 0 radical (unpaired) electrons. The third kappa shape index (κ3) is 5.20. The van der Waals surface area contributed by atoms with E-state index < -0.39 is 0 Å². The fraction of sp³-hybridized carbons (Fsp3) is 0.522. The molecule has 2 aromatic rings. The van der Waals surface area contributed by atoms with Crippen LogP contribution in [0.1, 0.15) is 45.4 Å². The molecule has 1 saturated carbocycles. The predicted molar refractivity (Wildman–Crippen MR) is 116 cm³/mol. The summed E-state index contributed by atoms with van der Waals surface area (Å²) < 4.78 is 5.80. The van der Waals surface area contributed by atoms with Crippen LogP contribution in [0.5, 0.6) is 5.75 Å². The molecule has 7 nitrogen and oxygen atoms in total. The lowest BCUT2D eigenvalue weighted by molar-refractivity contribution is -0.138. The molecule has 162 valence electrons. The molecule has 2 atom stereocenters. The minimum atomic E-state index is -0.133. The van der Waals surface area contributed by atoms with Crippen LogP contribution in [-0.2, 0) is 9.59 Å². The van der Waals surface area contributed by atoms with Gasteiger partial charge in [0.05, 0.1) is 12.5 Å². The first-order valence-corrected chi connectivity index (χ1v) is 10.8. The summed E-state index contributed by atoms with van der Waals surface area (Å²) in [6.45, 7) is 3.02. The smallest absolute Gasteiger partial charge is 0.248 e. The number of pyridine rings is 1. The molecular formula is C23H31N3O4. The molecule has 2 N–H and O–H groups in total. The Labute approximate surface area is 176 Å². The molecule has 1 aromatic heterocycles. The van der Waals surface area contributed by atoms with Gasteiger partial charge in [-0.2, -0.15) is 0 Å². The number of nitrogens with one attached hydrogen (secondary N) is 2. The molecule has 7 heteroatoms. The van der Waals surface area contributed by atoms with Gasteiger partial charge in [-0.05, 0) is 50.5 Å². The molecule has 1 heterocycles. The van der Waals surface area contributed by atoms with Gasteiger partial charge in [-0.3, -0.25) is 14.4 Å². The summed E-state index contributed by atoms with van der Waals surface area (Å²) in [6, 6.07) is 8.74. The highest BCUT2D eigenvalue weighted by atomic mass is 16.5. The van der Waals surface area contributed by atoms with E-state index >= 15 is 0 Å². The third-order valence-corrected chi connectivity index (χ3v) is 5.87. The molecule has 1 fully saturated rings. The van der Waals surface area contributed by atoms with Crippen LogP contribution in [0.25, 0.3) is 10.9 Å². The largest absolute Gasteiger partial charge is 0.494 e. The van der Waals surface area contributed by atoms with Gasteiger partial charge in [0, 0.05) is 43.0 Å². The fourth-order valence-corrected chi connectivity index (χ4v) is 4.35. The second kappa shape index (κ2) is 10.3. The van der Waals surface area contributed by atoms with E-state index in [9.17, 15) is 14.4 Å². The van der Waals surface area contributed by atoms with E-state index in [0.717, 1.165) is 36.6 Å². The summed E-state index contributed by atoms with van der Waals surface area (Å²) in [4.78, 5) is 41.1. The minimum Gasteiger partial charge on any atom is -0.494 e. The lowest BCUT2D eigenvalue weighted by Crippen LogP contribution is -2.50. The Kier molecular flexibility index (Phi) is 7.49. The van der Waals surface area contributed by atoms with Gasteiger partial charge in [-0.15, -0.1) is 0 Å². The summed E-state index contributed by atoms with van der Waals surface area (Å²) in [7, 11) is 1.66. The molecule has 1 aliphatic carbocycles. The van der Waals surface area contributed by atoms with E-state index in [1.165, 1.54) is 6.07 Å². The lowest BCUT2D eigenvalue weighted by Gasteiger charge is -2.38. The van der Waals surface area contributed by atoms with Crippen molar-refractivity contribution in [2.45, 2.75) is 51.5 Å². The maximum absolute atomic E-state index is 12.9. The van der Waals surface area contributed by atoms with E-state index in [1.54, 1.807) is 13.1 Å². The monoisotopic (exact) mass is 413 g/mol. The number of fused-ring (bicyclic) bond motifs is 1. The van der Waals surface area contributed by atoms with Crippen LogP contribution in [0.15, 0.2) is 35.1 Å². The van der Waals surface area contributed by atoms with Crippen LogP contribution in [0.3, 0.4) is 0 Å². The van der Waals surface area contributed by atoms with Gasteiger partial charge in [0.25, 0.3) is 0 Å². The fourth-order valence-electron chi connectivity index (χ4n) is 4.35. The highest BCUT2D eigenvalue weighted by Gasteiger charge is 2.35. The molecule has 30 heavy (non-hydrogen) atoms. The van der Waals surface area contributed by atoms with E-state index in [1.807, 2.05) is 30.0 Å². The van der Waals surface area contributed by atoms with Crippen LogP contribution >= 0.6 is 0 Å². The van der Waals surface area contributed by atoms with Crippen LogP contribution in [0, 0.1) is 5.92 Å². The molecule has 2 amide bonds. The van der Waals surface area contributed by atoms with Crippen molar-refractivity contribution in [2.75, 3.05) is 20.2 Å². The maximum Gasteiger partial charge on any atom is 0.248 e. The van der Waals surface area contributed by atoms with Crippen LogP contribution in [-0.4, -0.2) is 47.9 Å². The van der Waals surface area contributed by atoms with Crippen LogP contribution in [0.2, 0.25) is 0 Å². The molecule has 2 unspecified atom stereocenters. The van der Waals surface area contributed by atoms with Crippen LogP contribution < -0.4 is 15.6 Å². The Hall–Kier alpha value is -2.83. The first kappa shape index (κ1) is 21.9. The number of carbonyl (C=O) groups is 2. The topological polar surface area (TPSA) is 91.5 Å². The van der Waals surface area contributed by atoms with E-state index in [-0.39, 0.29) is 29.3 Å². The standard InChI is InChI=1S/C23H31N3O4/c1-3-26(20-8-5-4-7-18(20)23(29)24-2)22(28)9-6-14-30-17-11-12-19-16(15-17)10-13-21(27)25-19/h10-13,15,18,20H,3-9,14H2,1-2H3,(H,24,29)(H,25,27). The van der Waals surface area contributed by atoms with Gasteiger partial charge < -0.3 is 19.9 Å². The normalized spacial score (nSPS) is 18.7. The second-order valence-electron chi connectivity index (χ2n) is 7.78. The van der Waals surface area contributed by atoms with Gasteiger partial charge in [0.1, 0.15) is 5.75 Å².